The van der Waals surface area contributed by atoms with Crippen molar-refractivity contribution in [3.63, 3.8) is 0 Å². The quantitative estimate of drug-likeness (QED) is 0.387. The molecule has 9 nitrogen and oxygen atoms in total. The minimum absolute atomic E-state index is 0.172. The average Bonchev–Trinajstić information content (AvgIpc) is 2.99. The van der Waals surface area contributed by atoms with Crippen molar-refractivity contribution >= 4 is 63.9 Å². The van der Waals surface area contributed by atoms with Crippen molar-refractivity contribution < 1.29 is 23.5 Å². The molecule has 0 aliphatic carbocycles. The molecule has 1 unspecified atom stereocenters. The predicted octanol–water partition coefficient (Wildman–Crippen LogP) is 4.24. The Morgan fingerprint density at radius 1 is 1.13 bits per heavy atom. The van der Waals surface area contributed by atoms with Gasteiger partial charge in [0.05, 0.1) is 27.6 Å². The van der Waals surface area contributed by atoms with Crippen LogP contribution in [0.5, 0.6) is 5.88 Å². The van der Waals surface area contributed by atoms with Gasteiger partial charge in [-0.25, -0.2) is 14.4 Å². The average molecular weight is 579 g/mol. The second-order valence-corrected chi connectivity index (χ2v) is 9.13. The monoisotopic (exact) mass is 577 g/mol. The number of hydrogen-bond donors (Lipinski definition) is 3. The summed E-state index contributed by atoms with van der Waals surface area (Å²) in [6.45, 7) is 1.64. The first-order valence-electron chi connectivity index (χ1n) is 11.2. The number of likely N-dealkylation sites (N-methyl/N-ethyl adjacent to an activating group) is 1. The minimum atomic E-state index is -1.49. The number of hydrogen-bond acceptors (Lipinski definition) is 6. The van der Waals surface area contributed by atoms with Crippen LogP contribution in [0.3, 0.4) is 0 Å². The van der Waals surface area contributed by atoms with Gasteiger partial charge in [0.2, 0.25) is 12.0 Å². The Labute approximate surface area is 231 Å². The number of carbonyl (C=O) groups is 3. The number of aliphatic imine (C=N–C) groups is 1. The Morgan fingerprint density at radius 2 is 1.84 bits per heavy atom. The number of anilines is 1. The molecule has 2 aromatic carbocycles. The zero-order valence-corrected chi connectivity index (χ0v) is 21.9. The van der Waals surface area contributed by atoms with Crippen LogP contribution in [0.15, 0.2) is 53.7 Å². The molecule has 1 atom stereocenters. The number of benzene rings is 2. The molecule has 0 spiro atoms. The van der Waals surface area contributed by atoms with Crippen LogP contribution >= 0.6 is 34.8 Å². The molecule has 1 aliphatic rings. The van der Waals surface area contributed by atoms with Gasteiger partial charge in [-0.3, -0.25) is 14.4 Å². The van der Waals surface area contributed by atoms with E-state index in [1.54, 1.807) is 31.2 Å². The molecule has 0 radical (unpaired) electrons. The van der Waals surface area contributed by atoms with Crippen molar-refractivity contribution in [3.05, 3.63) is 86.2 Å². The molecule has 4 rings (SSSR count). The van der Waals surface area contributed by atoms with E-state index in [1.165, 1.54) is 12.1 Å². The Morgan fingerprint density at radius 3 is 2.55 bits per heavy atom. The summed E-state index contributed by atoms with van der Waals surface area (Å²) in [5, 5.41) is 8.33. The topological polar surface area (TPSA) is 122 Å². The highest BCUT2D eigenvalue weighted by atomic mass is 35.5. The number of ether oxygens (including phenoxy) is 1. The van der Waals surface area contributed by atoms with E-state index in [2.05, 4.69) is 25.9 Å². The number of carbonyl (C=O) groups excluding carboxylic acids is 3. The van der Waals surface area contributed by atoms with Gasteiger partial charge in [0.1, 0.15) is 11.4 Å². The smallest absolute Gasteiger partial charge is 0.269 e. The minimum Gasteiger partial charge on any atom is -0.467 e. The fraction of sp³-hybridized carbons (Fsp3) is 0.160. The Hall–Kier alpha value is -3.73. The highest BCUT2D eigenvalue weighted by molar-refractivity contribution is 6.44. The number of aromatic nitrogens is 1. The SMILES string of the molecule is CCNC(=O)COc1ncc(F)cc1C(=O)NC1N=C(c2c(Cl)cc(Cl)cc2Cl)c2ccccc2NC1=O. The maximum Gasteiger partial charge on any atom is 0.269 e. The highest BCUT2D eigenvalue weighted by Crippen LogP contribution is 2.34. The van der Waals surface area contributed by atoms with E-state index in [0.29, 0.717) is 28.4 Å². The summed E-state index contributed by atoms with van der Waals surface area (Å²) in [7, 11) is 0. The molecule has 2 heterocycles. The van der Waals surface area contributed by atoms with E-state index in [9.17, 15) is 18.8 Å². The van der Waals surface area contributed by atoms with Crippen LogP contribution < -0.4 is 20.7 Å². The van der Waals surface area contributed by atoms with Crippen molar-refractivity contribution in [1.82, 2.24) is 15.6 Å². The molecule has 3 aromatic rings. The lowest BCUT2D eigenvalue weighted by Gasteiger charge is -2.16. The number of rotatable bonds is 7. The van der Waals surface area contributed by atoms with Crippen LogP contribution in [0.1, 0.15) is 28.4 Å². The maximum atomic E-state index is 14.0. The number of amides is 3. The summed E-state index contributed by atoms with van der Waals surface area (Å²) >= 11 is 19.0. The van der Waals surface area contributed by atoms with Crippen LogP contribution in [-0.2, 0) is 9.59 Å². The summed E-state index contributed by atoms with van der Waals surface area (Å²) in [5.41, 5.74) is 1.04. The van der Waals surface area contributed by atoms with Gasteiger partial charge in [-0.05, 0) is 31.2 Å². The molecule has 0 saturated heterocycles. The van der Waals surface area contributed by atoms with Gasteiger partial charge in [-0.1, -0.05) is 53.0 Å². The molecule has 0 saturated carbocycles. The van der Waals surface area contributed by atoms with E-state index in [1.807, 2.05) is 0 Å². The largest absolute Gasteiger partial charge is 0.467 e. The third-order valence-electron chi connectivity index (χ3n) is 5.23. The van der Waals surface area contributed by atoms with Gasteiger partial charge in [-0.15, -0.1) is 0 Å². The van der Waals surface area contributed by atoms with Gasteiger partial charge in [-0.2, -0.15) is 0 Å². The van der Waals surface area contributed by atoms with E-state index < -0.39 is 36.3 Å². The van der Waals surface area contributed by atoms with Gasteiger partial charge < -0.3 is 20.7 Å². The van der Waals surface area contributed by atoms with E-state index in [4.69, 9.17) is 39.5 Å². The summed E-state index contributed by atoms with van der Waals surface area (Å²) in [4.78, 5) is 46.3. The Bertz CT molecular complexity index is 1440. The third-order valence-corrected chi connectivity index (χ3v) is 6.05. The molecule has 196 valence electrons. The predicted molar refractivity (Wildman–Crippen MR) is 142 cm³/mol. The van der Waals surface area contributed by atoms with Gasteiger partial charge in [0.25, 0.3) is 17.7 Å². The van der Waals surface area contributed by atoms with Gasteiger partial charge in [0, 0.05) is 22.7 Å². The summed E-state index contributed by atoms with van der Waals surface area (Å²) in [5.74, 6) is -3.21. The summed E-state index contributed by atoms with van der Waals surface area (Å²) in [6, 6.07) is 10.6. The van der Waals surface area contributed by atoms with Crippen LogP contribution in [0, 0.1) is 5.82 Å². The maximum absolute atomic E-state index is 14.0. The molecule has 1 aromatic heterocycles. The van der Waals surface area contributed by atoms with Crippen LogP contribution in [0.25, 0.3) is 0 Å². The first-order chi connectivity index (χ1) is 18.2. The number of pyridine rings is 1. The fourth-order valence-electron chi connectivity index (χ4n) is 3.61. The van der Waals surface area contributed by atoms with Crippen molar-refractivity contribution in [2.24, 2.45) is 4.99 Å². The van der Waals surface area contributed by atoms with Crippen molar-refractivity contribution in [2.75, 3.05) is 18.5 Å². The first-order valence-corrected chi connectivity index (χ1v) is 12.3. The van der Waals surface area contributed by atoms with E-state index >= 15 is 0 Å². The second kappa shape index (κ2) is 11.8. The number of nitrogens with one attached hydrogen (secondary N) is 3. The number of para-hydroxylation sites is 1. The zero-order chi connectivity index (χ0) is 27.4. The normalized spacial score (nSPS) is 14.5. The fourth-order valence-corrected chi connectivity index (χ4v) is 4.61. The van der Waals surface area contributed by atoms with Crippen molar-refractivity contribution in [1.29, 1.82) is 0 Å². The number of halogens is 4. The standard InChI is InChI=1S/C25H19Cl3FN5O4/c1-2-30-19(35)11-38-25-15(9-13(29)10-31-25)23(36)34-22-24(37)32-18-6-4-3-5-14(18)21(33-22)20-16(27)7-12(26)8-17(20)28/h3-10,22H,2,11H2,1H3,(H,30,35)(H,32,37)(H,34,36). The third kappa shape index (κ3) is 6.04. The first kappa shape index (κ1) is 27.3. The van der Waals surface area contributed by atoms with Gasteiger partial charge in [0.15, 0.2) is 6.61 Å². The Balaban J connectivity index is 1.72. The van der Waals surface area contributed by atoms with Crippen molar-refractivity contribution in [2.45, 2.75) is 13.1 Å². The Kier molecular flexibility index (Phi) is 8.45. The molecular weight excluding hydrogens is 560 g/mol. The van der Waals surface area contributed by atoms with Crippen LogP contribution in [-0.4, -0.2) is 47.7 Å². The number of benzodiazepines with no additional fused rings is 1. The molecule has 13 heteroatoms. The van der Waals surface area contributed by atoms with Gasteiger partial charge >= 0.3 is 0 Å². The summed E-state index contributed by atoms with van der Waals surface area (Å²) in [6.07, 6.45) is -0.660. The number of fused-ring (bicyclic) bond motifs is 1. The van der Waals surface area contributed by atoms with Crippen LogP contribution in [0.4, 0.5) is 10.1 Å². The molecule has 1 aliphatic heterocycles. The lowest BCUT2D eigenvalue weighted by molar-refractivity contribution is -0.123. The van der Waals surface area contributed by atoms with Crippen molar-refractivity contribution in [3.8, 4) is 5.88 Å². The molecular formula is C25H19Cl3FN5O4. The lowest BCUT2D eigenvalue weighted by Crippen LogP contribution is -2.42. The molecule has 3 amide bonds. The second-order valence-electron chi connectivity index (χ2n) is 7.88. The highest BCUT2D eigenvalue weighted by Gasteiger charge is 2.30. The molecule has 3 N–H and O–H groups in total. The number of nitrogens with zero attached hydrogens (tertiary/aromatic N) is 2. The summed E-state index contributed by atoms with van der Waals surface area (Å²) < 4.78 is 19.3. The molecule has 0 bridgehead atoms. The molecule has 38 heavy (non-hydrogen) atoms. The van der Waals surface area contributed by atoms with E-state index in [-0.39, 0.29) is 27.2 Å². The lowest BCUT2D eigenvalue weighted by atomic mass is 10.0. The van der Waals surface area contributed by atoms with Crippen LogP contribution in [0.2, 0.25) is 15.1 Å². The zero-order valence-electron chi connectivity index (χ0n) is 19.6. The van der Waals surface area contributed by atoms with E-state index in [0.717, 1.165) is 12.3 Å². The molecule has 0 fully saturated rings.